The van der Waals surface area contributed by atoms with Crippen LogP contribution in [-0.4, -0.2) is 53.0 Å². The molecule has 1 amide bonds. The number of pyridine rings is 3. The smallest absolute Gasteiger partial charge is 0.235 e. The molecule has 1 aliphatic heterocycles. The van der Waals surface area contributed by atoms with Crippen LogP contribution in [0, 0.1) is 5.41 Å². The van der Waals surface area contributed by atoms with Crippen LogP contribution in [0.4, 0.5) is 11.5 Å². The van der Waals surface area contributed by atoms with Crippen molar-refractivity contribution in [3.63, 3.8) is 0 Å². The number of methoxy groups -OCH3 is 1. The number of hydrogen-bond acceptors (Lipinski definition) is 9. The normalized spacial score (nSPS) is 21.0. The van der Waals surface area contributed by atoms with Crippen molar-refractivity contribution in [1.82, 2.24) is 20.3 Å². The van der Waals surface area contributed by atoms with E-state index in [2.05, 4.69) is 44.4 Å². The third-order valence-corrected chi connectivity index (χ3v) is 8.35. The summed E-state index contributed by atoms with van der Waals surface area (Å²) in [6.45, 7) is 8.33. The zero-order valence-corrected chi connectivity index (χ0v) is 22.7. The van der Waals surface area contributed by atoms with Gasteiger partial charge in [-0.15, -0.1) is 11.8 Å². The Labute approximate surface area is 227 Å². The minimum Gasteiger partial charge on any atom is -0.475 e. The fourth-order valence-corrected chi connectivity index (χ4v) is 5.60. The van der Waals surface area contributed by atoms with Crippen LogP contribution in [0.15, 0.2) is 53.7 Å². The van der Waals surface area contributed by atoms with E-state index >= 15 is 0 Å². The SMILES string of the molecule is C=C(Nc1ccnc2ccc(OCCOC)nc12)[C@]1(C)CC[C@@H](NCc2ccc3c(n2)NC(=O)CS3)CC1. The Morgan fingerprint density at radius 1 is 1.18 bits per heavy atom. The summed E-state index contributed by atoms with van der Waals surface area (Å²) in [5.74, 6) is 1.68. The van der Waals surface area contributed by atoms with E-state index in [1.165, 1.54) is 11.8 Å². The van der Waals surface area contributed by atoms with Crippen molar-refractivity contribution in [2.75, 3.05) is 36.7 Å². The van der Waals surface area contributed by atoms with Gasteiger partial charge in [-0.1, -0.05) is 13.5 Å². The number of aromatic nitrogens is 3. The van der Waals surface area contributed by atoms with Crippen LogP contribution in [0.1, 0.15) is 38.3 Å². The number of fused-ring (bicyclic) bond motifs is 2. The van der Waals surface area contributed by atoms with E-state index in [-0.39, 0.29) is 11.3 Å². The summed E-state index contributed by atoms with van der Waals surface area (Å²) in [5.41, 5.74) is 4.33. The van der Waals surface area contributed by atoms with E-state index in [1.54, 1.807) is 13.3 Å². The summed E-state index contributed by atoms with van der Waals surface area (Å²) in [7, 11) is 1.65. The summed E-state index contributed by atoms with van der Waals surface area (Å²) in [4.78, 5) is 26.5. The van der Waals surface area contributed by atoms with Gasteiger partial charge in [0.1, 0.15) is 17.9 Å². The molecule has 1 fully saturated rings. The molecule has 2 aliphatic rings. The second kappa shape index (κ2) is 11.7. The second-order valence-electron chi connectivity index (χ2n) is 10.0. The summed E-state index contributed by atoms with van der Waals surface area (Å²) in [6.07, 6.45) is 5.90. The monoisotopic (exact) mass is 534 g/mol. The van der Waals surface area contributed by atoms with Crippen LogP contribution >= 0.6 is 11.8 Å². The number of ether oxygens (including phenoxy) is 2. The van der Waals surface area contributed by atoms with Gasteiger partial charge in [-0.3, -0.25) is 9.78 Å². The Kier molecular flexibility index (Phi) is 8.11. The zero-order valence-electron chi connectivity index (χ0n) is 21.9. The predicted molar refractivity (Wildman–Crippen MR) is 150 cm³/mol. The molecule has 1 aliphatic carbocycles. The Bertz CT molecular complexity index is 1330. The molecule has 1 saturated carbocycles. The van der Waals surface area contributed by atoms with E-state index in [9.17, 15) is 4.79 Å². The number of amides is 1. The minimum absolute atomic E-state index is 0.00640. The van der Waals surface area contributed by atoms with Crippen molar-refractivity contribution in [2.24, 2.45) is 5.41 Å². The maximum Gasteiger partial charge on any atom is 0.235 e. The Balaban J connectivity index is 1.17. The van der Waals surface area contributed by atoms with E-state index in [0.717, 1.165) is 58.7 Å². The number of rotatable bonds is 10. The molecular formula is C28H34N6O3S. The molecule has 5 rings (SSSR count). The number of carbonyl (C=O) groups excluding carboxylic acids is 1. The molecule has 3 N–H and O–H groups in total. The molecule has 38 heavy (non-hydrogen) atoms. The summed E-state index contributed by atoms with van der Waals surface area (Å²) >= 11 is 1.53. The van der Waals surface area contributed by atoms with Crippen LogP contribution in [0.5, 0.6) is 5.88 Å². The lowest BCUT2D eigenvalue weighted by molar-refractivity contribution is -0.113. The Morgan fingerprint density at radius 3 is 2.84 bits per heavy atom. The number of nitrogens with zero attached hydrogens (tertiary/aromatic N) is 3. The standard InChI is InChI=1S/C28H34N6O3S/c1-18(31-22-10-13-29-21-5-7-25(34-26(21)22)37-15-14-36-3)28(2)11-8-19(9-12-28)30-16-20-4-6-23-27(32-20)33-24(35)17-38-23/h4-7,10,13,19,30H,1,8-9,11-12,14-17H2,2-3H3,(H,29,31)(H,32,33,35)/t19-,28-. The molecule has 9 nitrogen and oxygen atoms in total. The number of thioether (sulfide) groups is 1. The molecular weight excluding hydrogens is 500 g/mol. The minimum atomic E-state index is -0.0358. The number of carbonyl (C=O) groups is 1. The fourth-order valence-electron chi connectivity index (χ4n) is 4.84. The zero-order chi connectivity index (χ0) is 26.5. The fraction of sp³-hybridized carbons (Fsp3) is 0.429. The van der Waals surface area contributed by atoms with Gasteiger partial charge < -0.3 is 25.4 Å². The first-order chi connectivity index (χ1) is 18.4. The first-order valence-corrected chi connectivity index (χ1v) is 13.9. The lowest BCUT2D eigenvalue weighted by atomic mass is 9.72. The van der Waals surface area contributed by atoms with Gasteiger partial charge in [0.05, 0.1) is 34.2 Å². The van der Waals surface area contributed by atoms with Gasteiger partial charge >= 0.3 is 0 Å². The number of anilines is 2. The van der Waals surface area contributed by atoms with E-state index in [4.69, 9.17) is 9.47 Å². The third kappa shape index (κ3) is 6.09. The highest BCUT2D eigenvalue weighted by Crippen LogP contribution is 2.42. The first-order valence-electron chi connectivity index (χ1n) is 12.9. The molecule has 0 radical (unpaired) electrons. The summed E-state index contributed by atoms with van der Waals surface area (Å²) in [6, 6.07) is 10.2. The van der Waals surface area contributed by atoms with Crippen LogP contribution in [-0.2, 0) is 16.1 Å². The molecule has 0 saturated heterocycles. The van der Waals surface area contributed by atoms with E-state index in [1.807, 2.05) is 30.3 Å². The highest BCUT2D eigenvalue weighted by atomic mass is 32.2. The summed E-state index contributed by atoms with van der Waals surface area (Å²) in [5, 5.41) is 10.1. The molecule has 10 heteroatoms. The quantitative estimate of drug-likeness (QED) is 0.317. The lowest BCUT2D eigenvalue weighted by Gasteiger charge is -2.39. The van der Waals surface area contributed by atoms with Gasteiger partial charge in [-0.05, 0) is 49.9 Å². The largest absolute Gasteiger partial charge is 0.475 e. The molecule has 3 aromatic rings. The van der Waals surface area contributed by atoms with Gasteiger partial charge in [0.2, 0.25) is 11.8 Å². The molecule has 0 bridgehead atoms. The molecule has 0 spiro atoms. The number of hydrogen-bond donors (Lipinski definition) is 3. The van der Waals surface area contributed by atoms with Crippen LogP contribution in [0.25, 0.3) is 11.0 Å². The lowest BCUT2D eigenvalue weighted by Crippen LogP contribution is -2.38. The van der Waals surface area contributed by atoms with Crippen molar-refractivity contribution >= 4 is 40.2 Å². The number of allylic oxidation sites excluding steroid dienone is 1. The first kappa shape index (κ1) is 26.4. The second-order valence-corrected chi connectivity index (χ2v) is 11.0. The Hall–Kier alpha value is -3.21. The van der Waals surface area contributed by atoms with Gasteiger partial charge in [-0.25, -0.2) is 9.97 Å². The average molecular weight is 535 g/mol. The third-order valence-electron chi connectivity index (χ3n) is 7.30. The van der Waals surface area contributed by atoms with Crippen molar-refractivity contribution < 1.29 is 14.3 Å². The maximum absolute atomic E-state index is 11.7. The Morgan fingerprint density at radius 2 is 2.03 bits per heavy atom. The molecule has 3 aromatic heterocycles. The average Bonchev–Trinajstić information content (AvgIpc) is 2.93. The topological polar surface area (TPSA) is 110 Å². The molecule has 200 valence electrons. The molecule has 0 unspecified atom stereocenters. The molecule has 0 aromatic carbocycles. The van der Waals surface area contributed by atoms with Crippen LogP contribution in [0.3, 0.4) is 0 Å². The van der Waals surface area contributed by atoms with Crippen LogP contribution < -0.4 is 20.7 Å². The van der Waals surface area contributed by atoms with Crippen molar-refractivity contribution in [3.8, 4) is 5.88 Å². The van der Waals surface area contributed by atoms with Gasteiger partial charge in [0.25, 0.3) is 0 Å². The van der Waals surface area contributed by atoms with E-state index in [0.29, 0.717) is 43.3 Å². The van der Waals surface area contributed by atoms with Crippen molar-refractivity contribution in [1.29, 1.82) is 0 Å². The van der Waals surface area contributed by atoms with Crippen LogP contribution in [0.2, 0.25) is 0 Å². The number of nitrogens with one attached hydrogen (secondary N) is 3. The van der Waals surface area contributed by atoms with Crippen molar-refractivity contribution in [3.05, 3.63) is 54.5 Å². The van der Waals surface area contributed by atoms with Gasteiger partial charge in [0.15, 0.2) is 0 Å². The van der Waals surface area contributed by atoms with Gasteiger partial charge in [0, 0.05) is 43.1 Å². The maximum atomic E-state index is 11.7. The molecule has 0 atom stereocenters. The predicted octanol–water partition coefficient (Wildman–Crippen LogP) is 4.76. The highest BCUT2D eigenvalue weighted by Gasteiger charge is 2.34. The summed E-state index contributed by atoms with van der Waals surface area (Å²) < 4.78 is 10.8. The highest BCUT2D eigenvalue weighted by molar-refractivity contribution is 8.00. The van der Waals surface area contributed by atoms with Crippen molar-refractivity contribution in [2.45, 2.75) is 50.1 Å². The van der Waals surface area contributed by atoms with Gasteiger partial charge in [-0.2, -0.15) is 0 Å². The van der Waals surface area contributed by atoms with E-state index < -0.39 is 0 Å². The molecule has 4 heterocycles.